The second-order valence-corrected chi connectivity index (χ2v) is 6.84. The van der Waals surface area contributed by atoms with E-state index < -0.39 is 0 Å². The molecule has 1 nitrogen and oxygen atoms in total. The Bertz CT molecular complexity index is 462. The van der Waals surface area contributed by atoms with Crippen LogP contribution in [0.15, 0.2) is 50.9 Å². The van der Waals surface area contributed by atoms with Gasteiger partial charge in [0, 0.05) is 10.9 Å². The zero-order valence-corrected chi connectivity index (χ0v) is 13.2. The molecule has 0 saturated heterocycles. The van der Waals surface area contributed by atoms with E-state index >= 15 is 0 Å². The van der Waals surface area contributed by atoms with Gasteiger partial charge in [0.15, 0.2) is 0 Å². The van der Waals surface area contributed by atoms with E-state index in [9.17, 15) is 0 Å². The third-order valence-corrected chi connectivity index (χ3v) is 5.09. The molecule has 2 rings (SSSR count). The molecule has 0 aliphatic carbocycles. The molecule has 1 aromatic heterocycles. The van der Waals surface area contributed by atoms with Crippen molar-refractivity contribution in [2.24, 2.45) is 0 Å². The SMILES string of the molecule is CCCNC(CC)c1ccc(Sc2cccs2)cc1. The third kappa shape index (κ3) is 4.37. The number of benzene rings is 1. The first-order valence-corrected chi connectivity index (χ1v) is 8.57. The topological polar surface area (TPSA) is 12.0 Å². The summed E-state index contributed by atoms with van der Waals surface area (Å²) in [5, 5.41) is 5.72. The molecule has 19 heavy (non-hydrogen) atoms. The maximum Gasteiger partial charge on any atom is 0.0646 e. The van der Waals surface area contributed by atoms with Crippen LogP contribution < -0.4 is 5.32 Å². The molecule has 3 heteroatoms. The number of hydrogen-bond donors (Lipinski definition) is 1. The van der Waals surface area contributed by atoms with Crippen LogP contribution in [0.2, 0.25) is 0 Å². The van der Waals surface area contributed by atoms with E-state index in [1.165, 1.54) is 21.1 Å². The zero-order chi connectivity index (χ0) is 13.5. The molecule has 0 spiro atoms. The van der Waals surface area contributed by atoms with Gasteiger partial charge in [-0.15, -0.1) is 11.3 Å². The largest absolute Gasteiger partial charge is 0.310 e. The molecule has 0 aliphatic heterocycles. The number of nitrogens with one attached hydrogen (secondary N) is 1. The molecule has 0 radical (unpaired) electrons. The summed E-state index contributed by atoms with van der Waals surface area (Å²) in [6, 6.07) is 13.7. The van der Waals surface area contributed by atoms with Crippen molar-refractivity contribution in [2.45, 2.75) is 41.8 Å². The predicted octanol–water partition coefficient (Wildman–Crippen LogP) is 5.35. The van der Waals surface area contributed by atoms with Gasteiger partial charge in [0.05, 0.1) is 4.21 Å². The molecule has 0 aliphatic rings. The van der Waals surface area contributed by atoms with Gasteiger partial charge >= 0.3 is 0 Å². The lowest BCUT2D eigenvalue weighted by Crippen LogP contribution is -2.21. The fourth-order valence-electron chi connectivity index (χ4n) is 2.02. The number of rotatable bonds is 7. The molecule has 1 aromatic carbocycles. The van der Waals surface area contributed by atoms with E-state index in [0.29, 0.717) is 6.04 Å². The van der Waals surface area contributed by atoms with Crippen LogP contribution in [-0.2, 0) is 0 Å². The van der Waals surface area contributed by atoms with Crippen molar-refractivity contribution in [3.05, 3.63) is 47.3 Å². The molecule has 1 heterocycles. The molecule has 0 amide bonds. The van der Waals surface area contributed by atoms with Gasteiger partial charge in [0.25, 0.3) is 0 Å². The lowest BCUT2D eigenvalue weighted by Gasteiger charge is -2.17. The highest BCUT2D eigenvalue weighted by Crippen LogP contribution is 2.32. The van der Waals surface area contributed by atoms with Gasteiger partial charge in [-0.1, -0.05) is 43.8 Å². The highest BCUT2D eigenvalue weighted by atomic mass is 32.2. The maximum absolute atomic E-state index is 3.60. The lowest BCUT2D eigenvalue weighted by atomic mass is 10.0. The van der Waals surface area contributed by atoms with Crippen molar-refractivity contribution in [1.82, 2.24) is 5.32 Å². The smallest absolute Gasteiger partial charge is 0.0646 e. The fraction of sp³-hybridized carbons (Fsp3) is 0.375. The number of thiophene rings is 1. The van der Waals surface area contributed by atoms with Crippen molar-refractivity contribution >= 4 is 23.1 Å². The lowest BCUT2D eigenvalue weighted by molar-refractivity contribution is 0.518. The Kier molecular flexibility index (Phi) is 5.95. The molecule has 1 atom stereocenters. The summed E-state index contributed by atoms with van der Waals surface area (Å²) in [5.41, 5.74) is 1.39. The summed E-state index contributed by atoms with van der Waals surface area (Å²) in [7, 11) is 0. The number of hydrogen-bond acceptors (Lipinski definition) is 3. The van der Waals surface area contributed by atoms with Gasteiger partial charge in [-0.25, -0.2) is 0 Å². The fourth-order valence-corrected chi connectivity index (χ4v) is 3.77. The van der Waals surface area contributed by atoms with Crippen LogP contribution in [0.3, 0.4) is 0 Å². The van der Waals surface area contributed by atoms with Gasteiger partial charge in [-0.2, -0.15) is 0 Å². The van der Waals surface area contributed by atoms with E-state index in [1.54, 1.807) is 11.3 Å². The van der Waals surface area contributed by atoms with E-state index in [4.69, 9.17) is 0 Å². The standard InChI is InChI=1S/C16H21NS2/c1-3-11-17-15(4-2)13-7-9-14(10-8-13)19-16-6-5-12-18-16/h5-10,12,15,17H,3-4,11H2,1-2H3. The normalized spacial score (nSPS) is 12.5. The Balaban J connectivity index is 2.00. The Morgan fingerprint density at radius 3 is 2.53 bits per heavy atom. The minimum atomic E-state index is 0.487. The van der Waals surface area contributed by atoms with E-state index in [2.05, 4.69) is 60.9 Å². The van der Waals surface area contributed by atoms with Crippen LogP contribution in [0.5, 0.6) is 0 Å². The summed E-state index contributed by atoms with van der Waals surface area (Å²) < 4.78 is 1.35. The minimum absolute atomic E-state index is 0.487. The average molecular weight is 291 g/mol. The zero-order valence-electron chi connectivity index (χ0n) is 11.6. The first-order valence-electron chi connectivity index (χ1n) is 6.88. The maximum atomic E-state index is 3.60. The second kappa shape index (κ2) is 7.73. The van der Waals surface area contributed by atoms with E-state index in [1.807, 2.05) is 11.8 Å². The van der Waals surface area contributed by atoms with Crippen molar-refractivity contribution in [2.75, 3.05) is 6.54 Å². The third-order valence-electron chi connectivity index (χ3n) is 3.04. The highest BCUT2D eigenvalue weighted by Gasteiger charge is 2.08. The first-order chi connectivity index (χ1) is 9.33. The summed E-state index contributed by atoms with van der Waals surface area (Å²) in [4.78, 5) is 1.32. The molecule has 0 fully saturated rings. The molecular formula is C16H21NS2. The molecule has 2 aromatic rings. The second-order valence-electron chi connectivity index (χ2n) is 4.52. The Hall–Kier alpha value is -0.770. The van der Waals surface area contributed by atoms with Gasteiger partial charge in [0.2, 0.25) is 0 Å². The van der Waals surface area contributed by atoms with Gasteiger partial charge in [0.1, 0.15) is 0 Å². The predicted molar refractivity (Wildman–Crippen MR) is 86.2 cm³/mol. The minimum Gasteiger partial charge on any atom is -0.310 e. The molecule has 0 bridgehead atoms. The van der Waals surface area contributed by atoms with Crippen LogP contribution in [0.4, 0.5) is 0 Å². The van der Waals surface area contributed by atoms with Gasteiger partial charge in [-0.05, 0) is 48.5 Å². The Morgan fingerprint density at radius 1 is 1.16 bits per heavy atom. The van der Waals surface area contributed by atoms with E-state index in [-0.39, 0.29) is 0 Å². The summed E-state index contributed by atoms with van der Waals surface area (Å²) in [6.07, 6.45) is 2.32. The van der Waals surface area contributed by atoms with Crippen molar-refractivity contribution in [3.63, 3.8) is 0 Å². The quantitative estimate of drug-likeness (QED) is 0.738. The van der Waals surface area contributed by atoms with Crippen LogP contribution in [0.25, 0.3) is 0 Å². The summed E-state index contributed by atoms with van der Waals surface area (Å²) in [5.74, 6) is 0. The van der Waals surface area contributed by atoms with Crippen LogP contribution in [0, 0.1) is 0 Å². The van der Waals surface area contributed by atoms with Crippen molar-refractivity contribution < 1.29 is 0 Å². The molecule has 1 unspecified atom stereocenters. The van der Waals surface area contributed by atoms with Gasteiger partial charge in [-0.3, -0.25) is 0 Å². The molecule has 0 saturated carbocycles. The average Bonchev–Trinajstić information content (AvgIpc) is 2.94. The molecule has 1 N–H and O–H groups in total. The van der Waals surface area contributed by atoms with E-state index in [0.717, 1.165) is 13.0 Å². The summed E-state index contributed by atoms with van der Waals surface area (Å²) in [6.45, 7) is 5.53. The van der Waals surface area contributed by atoms with Crippen LogP contribution in [0.1, 0.15) is 38.3 Å². The Morgan fingerprint density at radius 2 is 1.95 bits per heavy atom. The van der Waals surface area contributed by atoms with Crippen molar-refractivity contribution in [1.29, 1.82) is 0 Å². The highest BCUT2D eigenvalue weighted by molar-refractivity contribution is 8.01. The Labute approximate surface area is 124 Å². The monoisotopic (exact) mass is 291 g/mol. The van der Waals surface area contributed by atoms with Crippen LogP contribution in [-0.4, -0.2) is 6.54 Å². The molecule has 102 valence electrons. The summed E-state index contributed by atoms with van der Waals surface area (Å²) >= 11 is 3.63. The van der Waals surface area contributed by atoms with Crippen LogP contribution >= 0.6 is 23.1 Å². The van der Waals surface area contributed by atoms with Gasteiger partial charge < -0.3 is 5.32 Å². The molecular weight excluding hydrogens is 270 g/mol. The van der Waals surface area contributed by atoms with Crippen molar-refractivity contribution in [3.8, 4) is 0 Å². The first kappa shape index (κ1) is 14.6.